The second kappa shape index (κ2) is 5.99. The van der Waals surface area contributed by atoms with Gasteiger partial charge in [-0.25, -0.2) is 0 Å². The molecule has 0 aromatic heterocycles. The molecule has 0 heterocycles. The highest BCUT2D eigenvalue weighted by Gasteiger charge is 2.44. The fourth-order valence-electron chi connectivity index (χ4n) is 3.09. The number of hydrogen-bond donors (Lipinski definition) is 2. The Morgan fingerprint density at radius 3 is 2.56 bits per heavy atom. The van der Waals surface area contributed by atoms with Crippen molar-refractivity contribution in [1.29, 1.82) is 0 Å². The van der Waals surface area contributed by atoms with Gasteiger partial charge in [0.05, 0.1) is 0 Å². The fraction of sp³-hybridized carbons (Fsp3) is 0.923. The first-order valence-corrected chi connectivity index (χ1v) is 6.73. The molecule has 1 aliphatic carbocycles. The Balaban J connectivity index is 2.66. The predicted octanol–water partition coefficient (Wildman–Crippen LogP) is 0.593. The highest BCUT2D eigenvalue weighted by molar-refractivity contribution is 5.79. The minimum absolute atomic E-state index is 0.297. The van der Waals surface area contributed by atoms with Gasteiger partial charge in [0, 0.05) is 18.6 Å². The molecule has 0 aromatic rings. The van der Waals surface area contributed by atoms with Crippen LogP contribution in [0.4, 0.5) is 0 Å². The molecule has 3 N–H and O–H groups in total. The maximum atomic E-state index is 11.2. The Hall–Kier alpha value is -0.650. The van der Waals surface area contributed by atoms with Crippen LogP contribution in [0.15, 0.2) is 0 Å². The normalized spacial score (nSPS) is 30.1. The molecule has 0 radical (unpaired) electrons. The van der Waals surface area contributed by atoms with Crippen molar-refractivity contribution in [1.82, 2.24) is 9.80 Å². The van der Waals surface area contributed by atoms with Crippen molar-refractivity contribution in [2.75, 3.05) is 27.2 Å². The van der Waals surface area contributed by atoms with Gasteiger partial charge >= 0.3 is 5.97 Å². The maximum Gasteiger partial charge on any atom is 0.323 e. The molecule has 1 fully saturated rings. The molecule has 106 valence electrons. The molecule has 3 unspecified atom stereocenters. The zero-order valence-electron chi connectivity index (χ0n) is 12.0. The van der Waals surface area contributed by atoms with E-state index in [1.807, 2.05) is 0 Å². The summed E-state index contributed by atoms with van der Waals surface area (Å²) in [5.74, 6) is -0.860. The lowest BCUT2D eigenvalue weighted by Gasteiger charge is -2.35. The third-order valence-electron chi connectivity index (χ3n) is 3.98. The van der Waals surface area contributed by atoms with Crippen LogP contribution in [0.25, 0.3) is 0 Å². The van der Waals surface area contributed by atoms with E-state index in [1.165, 1.54) is 0 Å². The van der Waals surface area contributed by atoms with Gasteiger partial charge in [0.1, 0.15) is 5.54 Å². The van der Waals surface area contributed by atoms with E-state index in [0.29, 0.717) is 24.9 Å². The average Bonchev–Trinajstić information content (AvgIpc) is 2.62. The highest BCUT2D eigenvalue weighted by Crippen LogP contribution is 2.32. The fourth-order valence-corrected chi connectivity index (χ4v) is 3.09. The largest absolute Gasteiger partial charge is 0.480 e. The summed E-state index contributed by atoms with van der Waals surface area (Å²) in [6.07, 6.45) is 2.03. The SMILES string of the molecule is CCN(C(C)CN(C)C)C1CCC(N)(C(=O)O)C1. The molecule has 0 saturated heterocycles. The Labute approximate surface area is 110 Å². The summed E-state index contributed by atoms with van der Waals surface area (Å²) in [5, 5.41) is 9.18. The topological polar surface area (TPSA) is 69.8 Å². The number of nitrogens with two attached hydrogens (primary N) is 1. The Bertz CT molecular complexity index is 296. The highest BCUT2D eigenvalue weighted by atomic mass is 16.4. The smallest absolute Gasteiger partial charge is 0.323 e. The van der Waals surface area contributed by atoms with Crippen LogP contribution in [0.2, 0.25) is 0 Å². The van der Waals surface area contributed by atoms with E-state index < -0.39 is 11.5 Å². The number of carboxylic acids is 1. The number of likely N-dealkylation sites (N-methyl/N-ethyl adjacent to an activating group) is 2. The first-order valence-electron chi connectivity index (χ1n) is 6.73. The van der Waals surface area contributed by atoms with E-state index in [0.717, 1.165) is 19.5 Å². The molecular weight excluding hydrogens is 230 g/mol. The van der Waals surface area contributed by atoms with Crippen LogP contribution in [-0.2, 0) is 4.79 Å². The molecule has 18 heavy (non-hydrogen) atoms. The number of hydrogen-bond acceptors (Lipinski definition) is 4. The van der Waals surface area contributed by atoms with Crippen LogP contribution in [0.5, 0.6) is 0 Å². The summed E-state index contributed by atoms with van der Waals surface area (Å²) in [6, 6.07) is 0.720. The van der Waals surface area contributed by atoms with Gasteiger partial charge in [0.15, 0.2) is 0 Å². The van der Waals surface area contributed by atoms with Crippen molar-refractivity contribution >= 4 is 5.97 Å². The standard InChI is InChI=1S/C13H27N3O2/c1-5-16(10(2)9-15(3)4)11-6-7-13(14,8-11)12(17)18/h10-11H,5-9,14H2,1-4H3,(H,17,18). The molecule has 5 nitrogen and oxygen atoms in total. The van der Waals surface area contributed by atoms with Crippen molar-refractivity contribution < 1.29 is 9.90 Å². The van der Waals surface area contributed by atoms with Gasteiger partial charge in [-0.05, 0) is 46.8 Å². The third-order valence-corrected chi connectivity index (χ3v) is 3.98. The quantitative estimate of drug-likeness (QED) is 0.729. The lowest BCUT2D eigenvalue weighted by atomic mass is 9.99. The minimum atomic E-state index is -1.02. The van der Waals surface area contributed by atoms with Crippen LogP contribution < -0.4 is 5.73 Å². The van der Waals surface area contributed by atoms with Crippen molar-refractivity contribution in [3.8, 4) is 0 Å². The molecule has 1 rings (SSSR count). The molecule has 0 spiro atoms. The number of carboxylic acid groups (broad SMARTS) is 1. The van der Waals surface area contributed by atoms with Crippen LogP contribution in [-0.4, -0.2) is 65.7 Å². The van der Waals surface area contributed by atoms with Gasteiger partial charge in [-0.1, -0.05) is 6.92 Å². The van der Waals surface area contributed by atoms with E-state index in [9.17, 15) is 9.90 Å². The summed E-state index contributed by atoms with van der Waals surface area (Å²) < 4.78 is 0. The van der Waals surface area contributed by atoms with Crippen LogP contribution in [0.1, 0.15) is 33.1 Å². The van der Waals surface area contributed by atoms with E-state index in [4.69, 9.17) is 5.73 Å². The minimum Gasteiger partial charge on any atom is -0.480 e. The Kier molecular flexibility index (Phi) is 5.13. The summed E-state index contributed by atoms with van der Waals surface area (Å²) in [6.45, 7) is 6.24. The van der Waals surface area contributed by atoms with Gasteiger partial charge in [0.25, 0.3) is 0 Å². The molecule has 1 saturated carbocycles. The Morgan fingerprint density at radius 1 is 1.56 bits per heavy atom. The van der Waals surface area contributed by atoms with E-state index in [-0.39, 0.29) is 0 Å². The zero-order valence-corrected chi connectivity index (χ0v) is 12.0. The average molecular weight is 257 g/mol. The lowest BCUT2D eigenvalue weighted by Crippen LogP contribution is -2.49. The van der Waals surface area contributed by atoms with E-state index in [2.05, 4.69) is 37.7 Å². The molecule has 0 aliphatic heterocycles. The molecule has 0 amide bonds. The zero-order chi connectivity index (χ0) is 13.9. The molecule has 0 aromatic carbocycles. The van der Waals surface area contributed by atoms with Gasteiger partial charge in [0.2, 0.25) is 0 Å². The van der Waals surface area contributed by atoms with Crippen LogP contribution >= 0.6 is 0 Å². The van der Waals surface area contributed by atoms with Crippen molar-refractivity contribution in [2.24, 2.45) is 5.73 Å². The van der Waals surface area contributed by atoms with E-state index >= 15 is 0 Å². The first-order chi connectivity index (χ1) is 8.30. The van der Waals surface area contributed by atoms with Gasteiger partial charge in [-0.2, -0.15) is 0 Å². The number of carbonyl (C=O) groups is 1. The maximum absolute atomic E-state index is 11.2. The second-order valence-electron chi connectivity index (χ2n) is 5.80. The van der Waals surface area contributed by atoms with Crippen molar-refractivity contribution in [3.05, 3.63) is 0 Å². The van der Waals surface area contributed by atoms with Crippen LogP contribution in [0, 0.1) is 0 Å². The summed E-state index contributed by atoms with van der Waals surface area (Å²) in [4.78, 5) is 15.7. The Morgan fingerprint density at radius 2 is 2.17 bits per heavy atom. The summed E-state index contributed by atoms with van der Waals surface area (Å²) in [7, 11) is 4.12. The van der Waals surface area contributed by atoms with Crippen molar-refractivity contribution in [2.45, 2.75) is 50.7 Å². The molecule has 3 atom stereocenters. The summed E-state index contributed by atoms with van der Waals surface area (Å²) in [5.41, 5.74) is 4.93. The predicted molar refractivity (Wildman–Crippen MR) is 72.6 cm³/mol. The molecular formula is C13H27N3O2. The van der Waals surface area contributed by atoms with Gasteiger partial charge < -0.3 is 15.7 Å². The lowest BCUT2D eigenvalue weighted by molar-refractivity contribution is -0.143. The van der Waals surface area contributed by atoms with Crippen molar-refractivity contribution in [3.63, 3.8) is 0 Å². The summed E-state index contributed by atoms with van der Waals surface area (Å²) >= 11 is 0. The van der Waals surface area contributed by atoms with Gasteiger partial charge in [-0.3, -0.25) is 9.69 Å². The first kappa shape index (κ1) is 15.4. The molecule has 1 aliphatic rings. The monoisotopic (exact) mass is 257 g/mol. The van der Waals surface area contributed by atoms with Gasteiger partial charge in [-0.15, -0.1) is 0 Å². The van der Waals surface area contributed by atoms with E-state index in [1.54, 1.807) is 0 Å². The molecule has 5 heteroatoms. The number of rotatable bonds is 6. The third kappa shape index (κ3) is 3.43. The number of aliphatic carboxylic acids is 1. The molecule has 0 bridgehead atoms. The van der Waals surface area contributed by atoms with Crippen LogP contribution in [0.3, 0.4) is 0 Å². The number of nitrogens with zero attached hydrogens (tertiary/aromatic N) is 2. The second-order valence-corrected chi connectivity index (χ2v) is 5.80.